The Morgan fingerprint density at radius 3 is 2.48 bits per heavy atom. The molecule has 1 aromatic carbocycles. The smallest absolute Gasteiger partial charge is 0.255 e. The second kappa shape index (κ2) is 5.74. The lowest BCUT2D eigenvalue weighted by atomic mass is 9.83. The number of ether oxygens (including phenoxy) is 1. The van der Waals surface area contributed by atoms with E-state index in [1.54, 1.807) is 25.4 Å². The van der Waals surface area contributed by atoms with Crippen molar-refractivity contribution in [3.63, 3.8) is 0 Å². The fourth-order valence-corrected chi connectivity index (χ4v) is 2.39. The van der Waals surface area contributed by atoms with Gasteiger partial charge in [-0.25, -0.2) is 0 Å². The van der Waals surface area contributed by atoms with Gasteiger partial charge in [0.1, 0.15) is 5.75 Å². The molecule has 1 aromatic heterocycles. The Kier molecular flexibility index (Phi) is 4.19. The van der Waals surface area contributed by atoms with E-state index in [-0.39, 0.29) is 17.6 Å². The molecule has 0 saturated heterocycles. The minimum Gasteiger partial charge on any atom is -0.496 e. The highest BCUT2D eigenvalue weighted by atomic mass is 16.5. The standard InChI is InChI=1S/C17H21NO3/c1-17(2,3)14-9-13(11(10-19)8-15(14)21-4)12-6-5-7-18-16(12)20/h5-9,19H,10H2,1-4H3,(H,18,20). The maximum absolute atomic E-state index is 12.0. The Labute approximate surface area is 124 Å². The van der Waals surface area contributed by atoms with E-state index < -0.39 is 0 Å². The van der Waals surface area contributed by atoms with Crippen LogP contribution in [0.5, 0.6) is 5.75 Å². The second-order valence-corrected chi connectivity index (χ2v) is 6.03. The van der Waals surface area contributed by atoms with Crippen LogP contribution in [0.2, 0.25) is 0 Å². The molecule has 2 aromatic rings. The van der Waals surface area contributed by atoms with Crippen molar-refractivity contribution < 1.29 is 9.84 Å². The van der Waals surface area contributed by atoms with Gasteiger partial charge in [-0.15, -0.1) is 0 Å². The molecule has 0 radical (unpaired) electrons. The van der Waals surface area contributed by atoms with Crippen LogP contribution in [0.15, 0.2) is 35.3 Å². The number of aromatic amines is 1. The SMILES string of the molecule is COc1cc(CO)c(-c2ccc[nH]c2=O)cc1C(C)(C)C. The van der Waals surface area contributed by atoms with E-state index in [9.17, 15) is 9.90 Å². The van der Waals surface area contributed by atoms with Crippen molar-refractivity contribution in [3.05, 3.63) is 51.9 Å². The normalized spacial score (nSPS) is 11.5. The van der Waals surface area contributed by atoms with Crippen molar-refractivity contribution in [2.45, 2.75) is 32.8 Å². The molecule has 0 bridgehead atoms. The molecule has 2 rings (SSSR count). The molecule has 0 aliphatic rings. The van der Waals surface area contributed by atoms with E-state index in [1.807, 2.05) is 12.1 Å². The zero-order valence-corrected chi connectivity index (χ0v) is 12.9. The van der Waals surface area contributed by atoms with Crippen LogP contribution in [0.1, 0.15) is 31.9 Å². The summed E-state index contributed by atoms with van der Waals surface area (Å²) in [7, 11) is 1.61. The van der Waals surface area contributed by atoms with E-state index >= 15 is 0 Å². The van der Waals surface area contributed by atoms with E-state index in [0.29, 0.717) is 11.1 Å². The third-order valence-electron chi connectivity index (χ3n) is 3.51. The summed E-state index contributed by atoms with van der Waals surface area (Å²) in [6.45, 7) is 6.11. The summed E-state index contributed by atoms with van der Waals surface area (Å²) >= 11 is 0. The van der Waals surface area contributed by atoms with Gasteiger partial charge in [0.25, 0.3) is 5.56 Å². The summed E-state index contributed by atoms with van der Waals surface area (Å²) in [5.74, 6) is 0.725. The van der Waals surface area contributed by atoms with Gasteiger partial charge >= 0.3 is 0 Å². The first-order valence-electron chi connectivity index (χ1n) is 6.88. The molecule has 21 heavy (non-hydrogen) atoms. The highest BCUT2D eigenvalue weighted by molar-refractivity contribution is 5.69. The fourth-order valence-electron chi connectivity index (χ4n) is 2.39. The first-order valence-corrected chi connectivity index (χ1v) is 6.88. The summed E-state index contributed by atoms with van der Waals surface area (Å²) in [4.78, 5) is 14.7. The predicted octanol–water partition coefficient (Wildman–Crippen LogP) is 2.84. The van der Waals surface area contributed by atoms with E-state index in [0.717, 1.165) is 16.9 Å². The van der Waals surface area contributed by atoms with Crippen LogP contribution < -0.4 is 10.3 Å². The summed E-state index contributed by atoms with van der Waals surface area (Å²) < 4.78 is 5.44. The largest absolute Gasteiger partial charge is 0.496 e. The molecule has 0 aliphatic heterocycles. The molecule has 1 heterocycles. The zero-order chi connectivity index (χ0) is 15.6. The average Bonchev–Trinajstić information content (AvgIpc) is 2.45. The van der Waals surface area contributed by atoms with Crippen LogP contribution in [0.4, 0.5) is 0 Å². The van der Waals surface area contributed by atoms with E-state index in [1.165, 1.54) is 0 Å². The monoisotopic (exact) mass is 287 g/mol. The average molecular weight is 287 g/mol. The van der Waals surface area contributed by atoms with Crippen LogP contribution in [0.25, 0.3) is 11.1 Å². The number of benzene rings is 1. The van der Waals surface area contributed by atoms with Crippen molar-refractivity contribution in [3.8, 4) is 16.9 Å². The summed E-state index contributed by atoms with van der Waals surface area (Å²) in [5.41, 5.74) is 2.67. The number of hydrogen-bond donors (Lipinski definition) is 2. The molecule has 0 unspecified atom stereocenters. The molecule has 4 heteroatoms. The van der Waals surface area contributed by atoms with Gasteiger partial charge in [-0.1, -0.05) is 20.8 Å². The van der Waals surface area contributed by atoms with Crippen LogP contribution in [0, 0.1) is 0 Å². The lowest BCUT2D eigenvalue weighted by Crippen LogP contribution is -2.15. The van der Waals surface area contributed by atoms with Crippen molar-refractivity contribution in [1.29, 1.82) is 0 Å². The van der Waals surface area contributed by atoms with Gasteiger partial charge in [-0.05, 0) is 40.8 Å². The van der Waals surface area contributed by atoms with Gasteiger partial charge in [0.05, 0.1) is 13.7 Å². The third kappa shape index (κ3) is 3.00. The van der Waals surface area contributed by atoms with E-state index in [4.69, 9.17) is 4.74 Å². The highest BCUT2D eigenvalue weighted by Crippen LogP contribution is 2.36. The molecule has 2 N–H and O–H groups in total. The number of aromatic nitrogens is 1. The second-order valence-electron chi connectivity index (χ2n) is 6.03. The van der Waals surface area contributed by atoms with Crippen molar-refractivity contribution >= 4 is 0 Å². The molecule has 112 valence electrons. The van der Waals surface area contributed by atoms with Crippen molar-refractivity contribution in [2.24, 2.45) is 0 Å². The summed E-state index contributed by atoms with van der Waals surface area (Å²) in [6, 6.07) is 7.28. The Hall–Kier alpha value is -2.07. The molecular formula is C17H21NO3. The Bertz CT molecular complexity index is 696. The highest BCUT2D eigenvalue weighted by Gasteiger charge is 2.22. The molecule has 0 amide bonds. The van der Waals surface area contributed by atoms with Crippen molar-refractivity contribution in [1.82, 2.24) is 4.98 Å². The zero-order valence-electron chi connectivity index (χ0n) is 12.9. The van der Waals surface area contributed by atoms with Gasteiger partial charge in [-0.3, -0.25) is 4.79 Å². The van der Waals surface area contributed by atoms with Gasteiger partial charge < -0.3 is 14.8 Å². The van der Waals surface area contributed by atoms with Gasteiger partial charge in [0.15, 0.2) is 0 Å². The number of aliphatic hydroxyl groups excluding tert-OH is 1. The van der Waals surface area contributed by atoms with Crippen LogP contribution in [-0.4, -0.2) is 17.2 Å². The topological polar surface area (TPSA) is 62.3 Å². The minimum absolute atomic E-state index is 0.129. The van der Waals surface area contributed by atoms with Crippen LogP contribution >= 0.6 is 0 Å². The molecule has 0 saturated carbocycles. The molecule has 0 spiro atoms. The number of aliphatic hydroxyl groups is 1. The Morgan fingerprint density at radius 1 is 1.24 bits per heavy atom. The number of H-pyrrole nitrogens is 1. The molecule has 4 nitrogen and oxygen atoms in total. The number of methoxy groups -OCH3 is 1. The predicted molar refractivity (Wildman–Crippen MR) is 83.7 cm³/mol. The van der Waals surface area contributed by atoms with Crippen LogP contribution in [-0.2, 0) is 12.0 Å². The minimum atomic E-state index is -0.169. The fraction of sp³-hybridized carbons (Fsp3) is 0.353. The van der Waals surface area contributed by atoms with Gasteiger partial charge in [-0.2, -0.15) is 0 Å². The quantitative estimate of drug-likeness (QED) is 0.912. The third-order valence-corrected chi connectivity index (χ3v) is 3.51. The van der Waals surface area contributed by atoms with Crippen LogP contribution in [0.3, 0.4) is 0 Å². The van der Waals surface area contributed by atoms with E-state index in [2.05, 4.69) is 25.8 Å². The number of rotatable bonds is 3. The van der Waals surface area contributed by atoms with Crippen molar-refractivity contribution in [2.75, 3.05) is 7.11 Å². The number of nitrogens with one attached hydrogen (secondary N) is 1. The number of pyridine rings is 1. The summed E-state index contributed by atoms with van der Waals surface area (Å²) in [6.07, 6.45) is 1.60. The maximum atomic E-state index is 12.0. The molecular weight excluding hydrogens is 266 g/mol. The lowest BCUT2D eigenvalue weighted by Gasteiger charge is -2.24. The first-order chi connectivity index (χ1) is 9.88. The number of hydrogen-bond acceptors (Lipinski definition) is 3. The lowest BCUT2D eigenvalue weighted by molar-refractivity contribution is 0.281. The van der Waals surface area contributed by atoms with Gasteiger partial charge in [0, 0.05) is 17.3 Å². The molecule has 0 atom stereocenters. The molecule has 0 fully saturated rings. The first kappa shape index (κ1) is 15.3. The van der Waals surface area contributed by atoms with Gasteiger partial charge in [0.2, 0.25) is 0 Å². The molecule has 0 aliphatic carbocycles. The Balaban J connectivity index is 2.77. The summed E-state index contributed by atoms with van der Waals surface area (Å²) in [5, 5.41) is 9.62. The maximum Gasteiger partial charge on any atom is 0.255 e. The Morgan fingerprint density at radius 2 is 1.95 bits per heavy atom.